The number of carbonyl (C=O) groups excluding carboxylic acids is 1. The first-order chi connectivity index (χ1) is 12.1. The summed E-state index contributed by atoms with van der Waals surface area (Å²) in [6, 6.07) is 7.96. The summed E-state index contributed by atoms with van der Waals surface area (Å²) in [7, 11) is 0. The Labute approximate surface area is 148 Å². The Kier molecular flexibility index (Phi) is 5.48. The SMILES string of the molecule is CC(NC(=O)CC1(CN)CCCCC1)c1ccc(-n2cncn2)cc1. The first-order valence-corrected chi connectivity index (χ1v) is 9.06. The molecular formula is C19H27N5O. The van der Waals surface area contributed by atoms with Gasteiger partial charge in [0.2, 0.25) is 5.91 Å². The molecule has 0 radical (unpaired) electrons. The third kappa shape index (κ3) is 4.25. The Balaban J connectivity index is 1.59. The van der Waals surface area contributed by atoms with E-state index in [1.54, 1.807) is 11.0 Å². The second-order valence-corrected chi connectivity index (χ2v) is 7.16. The van der Waals surface area contributed by atoms with Crippen LogP contribution in [0.15, 0.2) is 36.9 Å². The lowest BCUT2D eigenvalue weighted by molar-refractivity contribution is -0.124. The molecule has 1 aliphatic carbocycles. The van der Waals surface area contributed by atoms with Gasteiger partial charge in [0.25, 0.3) is 0 Å². The van der Waals surface area contributed by atoms with Crippen molar-refractivity contribution < 1.29 is 4.79 Å². The molecule has 25 heavy (non-hydrogen) atoms. The number of nitrogens with one attached hydrogen (secondary N) is 1. The first kappa shape index (κ1) is 17.6. The van der Waals surface area contributed by atoms with E-state index in [1.165, 1.54) is 25.6 Å². The van der Waals surface area contributed by atoms with Crippen molar-refractivity contribution >= 4 is 5.91 Å². The van der Waals surface area contributed by atoms with Crippen molar-refractivity contribution in [3.63, 3.8) is 0 Å². The average Bonchev–Trinajstić information content (AvgIpc) is 3.17. The van der Waals surface area contributed by atoms with Crippen molar-refractivity contribution in [3.8, 4) is 5.69 Å². The van der Waals surface area contributed by atoms with E-state index in [0.717, 1.165) is 24.1 Å². The number of amides is 1. The number of nitrogens with zero attached hydrogens (tertiary/aromatic N) is 3. The fourth-order valence-electron chi connectivity index (χ4n) is 3.73. The predicted molar refractivity (Wildman–Crippen MR) is 97.1 cm³/mol. The Morgan fingerprint density at radius 1 is 1.28 bits per heavy atom. The molecule has 1 saturated carbocycles. The summed E-state index contributed by atoms with van der Waals surface area (Å²) < 4.78 is 1.71. The molecule has 2 aromatic rings. The minimum absolute atomic E-state index is 0.000989. The van der Waals surface area contributed by atoms with Crippen molar-refractivity contribution in [1.29, 1.82) is 0 Å². The van der Waals surface area contributed by atoms with E-state index in [4.69, 9.17) is 5.73 Å². The maximum atomic E-state index is 12.5. The third-order valence-electron chi connectivity index (χ3n) is 5.34. The molecule has 1 aromatic heterocycles. The van der Waals surface area contributed by atoms with E-state index in [0.29, 0.717) is 13.0 Å². The highest BCUT2D eigenvalue weighted by Gasteiger charge is 2.33. The molecule has 1 fully saturated rings. The van der Waals surface area contributed by atoms with Gasteiger partial charge in [-0.25, -0.2) is 9.67 Å². The third-order valence-corrected chi connectivity index (χ3v) is 5.34. The summed E-state index contributed by atoms with van der Waals surface area (Å²) in [6.45, 7) is 2.61. The van der Waals surface area contributed by atoms with E-state index >= 15 is 0 Å². The lowest BCUT2D eigenvalue weighted by Gasteiger charge is -2.36. The van der Waals surface area contributed by atoms with Crippen LogP contribution in [0.4, 0.5) is 0 Å². The number of hydrogen-bond acceptors (Lipinski definition) is 4. The van der Waals surface area contributed by atoms with E-state index < -0.39 is 0 Å². The van der Waals surface area contributed by atoms with Gasteiger partial charge in [0, 0.05) is 6.42 Å². The van der Waals surface area contributed by atoms with E-state index in [2.05, 4.69) is 15.4 Å². The van der Waals surface area contributed by atoms with E-state index in [1.807, 2.05) is 31.2 Å². The van der Waals surface area contributed by atoms with Gasteiger partial charge in [-0.05, 0) is 49.4 Å². The molecule has 0 aliphatic heterocycles. The molecule has 134 valence electrons. The van der Waals surface area contributed by atoms with Gasteiger partial charge in [-0.2, -0.15) is 5.10 Å². The molecule has 3 rings (SSSR count). The van der Waals surface area contributed by atoms with Crippen LogP contribution in [0.5, 0.6) is 0 Å². The molecular weight excluding hydrogens is 314 g/mol. The van der Waals surface area contributed by atoms with Crippen LogP contribution in [0.3, 0.4) is 0 Å². The van der Waals surface area contributed by atoms with Gasteiger partial charge in [0.1, 0.15) is 12.7 Å². The zero-order valence-corrected chi connectivity index (χ0v) is 14.8. The van der Waals surface area contributed by atoms with Crippen LogP contribution in [0.2, 0.25) is 0 Å². The average molecular weight is 341 g/mol. The Morgan fingerprint density at radius 2 is 2.00 bits per heavy atom. The summed E-state index contributed by atoms with van der Waals surface area (Å²) in [5, 5.41) is 7.24. The normalized spacial score (nSPS) is 17.8. The predicted octanol–water partition coefficient (Wildman–Crippen LogP) is 2.74. The lowest BCUT2D eigenvalue weighted by atomic mass is 9.71. The molecule has 1 aliphatic rings. The Bertz CT molecular complexity index is 674. The molecule has 1 aromatic carbocycles. The van der Waals surface area contributed by atoms with Crippen LogP contribution in [0.25, 0.3) is 5.69 Å². The monoisotopic (exact) mass is 341 g/mol. The van der Waals surface area contributed by atoms with Gasteiger partial charge in [-0.3, -0.25) is 4.79 Å². The highest BCUT2D eigenvalue weighted by molar-refractivity contribution is 5.77. The molecule has 6 nitrogen and oxygen atoms in total. The summed E-state index contributed by atoms with van der Waals surface area (Å²) >= 11 is 0. The minimum atomic E-state index is -0.0317. The molecule has 6 heteroatoms. The number of nitrogens with two attached hydrogens (primary N) is 1. The molecule has 1 atom stereocenters. The van der Waals surface area contributed by atoms with Gasteiger partial charge >= 0.3 is 0 Å². The lowest BCUT2D eigenvalue weighted by Crippen LogP contribution is -2.39. The van der Waals surface area contributed by atoms with Crippen LogP contribution in [-0.4, -0.2) is 27.2 Å². The van der Waals surface area contributed by atoms with Gasteiger partial charge < -0.3 is 11.1 Å². The molecule has 1 amide bonds. The second-order valence-electron chi connectivity index (χ2n) is 7.16. The Morgan fingerprint density at radius 3 is 2.60 bits per heavy atom. The van der Waals surface area contributed by atoms with Crippen LogP contribution >= 0.6 is 0 Å². The van der Waals surface area contributed by atoms with E-state index in [9.17, 15) is 4.79 Å². The molecule has 0 spiro atoms. The first-order valence-electron chi connectivity index (χ1n) is 9.06. The molecule has 0 bridgehead atoms. The van der Waals surface area contributed by atoms with Gasteiger partial charge in [0.05, 0.1) is 11.7 Å². The van der Waals surface area contributed by atoms with Crippen molar-refractivity contribution in [2.75, 3.05) is 6.54 Å². The molecule has 1 heterocycles. The molecule has 1 unspecified atom stereocenters. The number of aromatic nitrogens is 3. The maximum Gasteiger partial charge on any atom is 0.221 e. The second kappa shape index (κ2) is 7.78. The fraction of sp³-hybridized carbons (Fsp3) is 0.526. The van der Waals surface area contributed by atoms with Crippen LogP contribution in [-0.2, 0) is 4.79 Å². The highest BCUT2D eigenvalue weighted by atomic mass is 16.1. The number of rotatable bonds is 6. The van der Waals surface area contributed by atoms with Gasteiger partial charge in [0.15, 0.2) is 0 Å². The van der Waals surface area contributed by atoms with Crippen molar-refractivity contribution in [1.82, 2.24) is 20.1 Å². The molecule has 0 saturated heterocycles. The van der Waals surface area contributed by atoms with Crippen molar-refractivity contribution in [2.45, 2.75) is 51.5 Å². The number of carbonyl (C=O) groups is 1. The maximum absolute atomic E-state index is 12.5. The minimum Gasteiger partial charge on any atom is -0.350 e. The van der Waals surface area contributed by atoms with Crippen LogP contribution in [0, 0.1) is 5.41 Å². The standard InChI is InChI=1S/C19H27N5O/c1-15(16-5-7-17(8-6-16)24-14-21-13-22-24)23-18(25)11-19(12-20)9-3-2-4-10-19/h5-8,13-15H,2-4,9-12,20H2,1H3,(H,23,25). The van der Waals surface area contributed by atoms with E-state index in [-0.39, 0.29) is 17.4 Å². The topological polar surface area (TPSA) is 85.8 Å². The fourth-order valence-corrected chi connectivity index (χ4v) is 3.73. The summed E-state index contributed by atoms with van der Waals surface area (Å²) in [5.41, 5.74) is 8.02. The quantitative estimate of drug-likeness (QED) is 0.846. The summed E-state index contributed by atoms with van der Waals surface area (Å²) in [4.78, 5) is 16.5. The van der Waals surface area contributed by atoms with Crippen molar-refractivity contribution in [3.05, 3.63) is 42.5 Å². The van der Waals surface area contributed by atoms with Crippen LogP contribution in [0.1, 0.15) is 57.1 Å². The highest BCUT2D eigenvalue weighted by Crippen LogP contribution is 2.38. The smallest absolute Gasteiger partial charge is 0.221 e. The summed E-state index contributed by atoms with van der Waals surface area (Å²) in [6.07, 6.45) is 9.47. The van der Waals surface area contributed by atoms with Gasteiger partial charge in [-0.1, -0.05) is 31.4 Å². The van der Waals surface area contributed by atoms with Gasteiger partial charge in [-0.15, -0.1) is 0 Å². The number of hydrogen-bond donors (Lipinski definition) is 2. The number of benzene rings is 1. The zero-order valence-electron chi connectivity index (χ0n) is 14.8. The molecule has 3 N–H and O–H groups in total. The summed E-state index contributed by atoms with van der Waals surface area (Å²) in [5.74, 6) is 0.0974. The van der Waals surface area contributed by atoms with Crippen LogP contribution < -0.4 is 11.1 Å². The largest absolute Gasteiger partial charge is 0.350 e. The Hall–Kier alpha value is -2.21. The zero-order chi connectivity index (χ0) is 17.7. The van der Waals surface area contributed by atoms with Crippen molar-refractivity contribution in [2.24, 2.45) is 11.1 Å².